The predicted molar refractivity (Wildman–Crippen MR) is 100 cm³/mol. The lowest BCUT2D eigenvalue weighted by Crippen LogP contribution is -2.57. The molecule has 2 rings (SSSR count). The van der Waals surface area contributed by atoms with Crippen LogP contribution in [-0.2, 0) is 14.3 Å². The second-order valence-corrected chi connectivity index (χ2v) is 8.24. The second kappa shape index (κ2) is 7.94. The quantitative estimate of drug-likeness (QED) is 0.820. The summed E-state index contributed by atoms with van der Waals surface area (Å²) in [7, 11) is 0. The third kappa shape index (κ3) is 5.43. The summed E-state index contributed by atoms with van der Waals surface area (Å²) in [4.78, 5) is 24.8. The Hall–Kier alpha value is -1.63. The van der Waals surface area contributed by atoms with E-state index in [-0.39, 0.29) is 17.9 Å². The number of amides is 2. The minimum Gasteiger partial charge on any atom is -0.352 e. The van der Waals surface area contributed by atoms with Gasteiger partial charge in [-0.3, -0.25) is 9.59 Å². The Bertz CT molecular complexity index is 675. The van der Waals surface area contributed by atoms with E-state index in [0.717, 1.165) is 0 Å². The van der Waals surface area contributed by atoms with Crippen molar-refractivity contribution in [3.63, 3.8) is 0 Å². The summed E-state index contributed by atoms with van der Waals surface area (Å²) < 4.78 is 11.4. The van der Waals surface area contributed by atoms with Crippen LogP contribution in [0.4, 0.5) is 0 Å². The molecule has 7 heteroatoms. The van der Waals surface area contributed by atoms with Gasteiger partial charge in [0.05, 0.1) is 6.61 Å². The lowest BCUT2D eigenvalue weighted by molar-refractivity contribution is -0.304. The van der Waals surface area contributed by atoms with E-state index in [1.807, 2.05) is 20.8 Å². The summed E-state index contributed by atoms with van der Waals surface area (Å²) in [6, 6.07) is 6.46. The van der Waals surface area contributed by atoms with E-state index in [1.54, 1.807) is 38.1 Å². The fourth-order valence-corrected chi connectivity index (χ4v) is 2.85. The lowest BCUT2D eigenvalue weighted by atomic mass is 9.85. The van der Waals surface area contributed by atoms with Gasteiger partial charge in [-0.25, -0.2) is 0 Å². The maximum atomic E-state index is 12.6. The van der Waals surface area contributed by atoms with E-state index < -0.39 is 17.3 Å². The smallest absolute Gasteiger partial charge is 0.251 e. The van der Waals surface area contributed by atoms with Crippen LogP contribution in [0.3, 0.4) is 0 Å². The van der Waals surface area contributed by atoms with Crippen molar-refractivity contribution in [2.45, 2.75) is 52.6 Å². The average Bonchev–Trinajstić information content (AvgIpc) is 2.55. The minimum absolute atomic E-state index is 0.213. The highest BCUT2D eigenvalue weighted by molar-refractivity contribution is 6.30. The largest absolute Gasteiger partial charge is 0.352 e. The van der Waals surface area contributed by atoms with Crippen LogP contribution in [0.2, 0.25) is 5.02 Å². The molecule has 0 unspecified atom stereocenters. The summed E-state index contributed by atoms with van der Waals surface area (Å²) in [6.45, 7) is 9.98. The zero-order valence-electron chi connectivity index (χ0n) is 15.9. The van der Waals surface area contributed by atoms with Crippen LogP contribution < -0.4 is 10.6 Å². The van der Waals surface area contributed by atoms with Gasteiger partial charge in [0, 0.05) is 28.6 Å². The Morgan fingerprint density at radius 2 is 2.00 bits per heavy atom. The minimum atomic E-state index is -0.802. The molecule has 0 saturated carbocycles. The van der Waals surface area contributed by atoms with E-state index in [0.29, 0.717) is 23.7 Å². The monoisotopic (exact) mass is 382 g/mol. The van der Waals surface area contributed by atoms with E-state index in [4.69, 9.17) is 21.1 Å². The molecule has 0 bridgehead atoms. The van der Waals surface area contributed by atoms with Gasteiger partial charge in [-0.15, -0.1) is 0 Å². The van der Waals surface area contributed by atoms with Gasteiger partial charge in [-0.2, -0.15) is 0 Å². The lowest BCUT2D eigenvalue weighted by Gasteiger charge is -2.44. The number of carbonyl (C=O) groups excluding carboxylic acids is 2. The highest BCUT2D eigenvalue weighted by Crippen LogP contribution is 2.34. The van der Waals surface area contributed by atoms with Crippen LogP contribution in [-0.4, -0.2) is 42.9 Å². The van der Waals surface area contributed by atoms with Crippen molar-refractivity contribution in [2.24, 2.45) is 5.41 Å². The normalized spacial score (nSPS) is 22.3. The van der Waals surface area contributed by atoms with Crippen molar-refractivity contribution in [3.8, 4) is 0 Å². The maximum Gasteiger partial charge on any atom is 0.251 e. The number of nitrogens with one attached hydrogen (secondary N) is 2. The molecule has 1 fully saturated rings. The first kappa shape index (κ1) is 20.7. The van der Waals surface area contributed by atoms with E-state index in [9.17, 15) is 9.59 Å². The average molecular weight is 383 g/mol. The number of hydrogen-bond donors (Lipinski definition) is 2. The highest BCUT2D eigenvalue weighted by Gasteiger charge is 2.45. The summed E-state index contributed by atoms with van der Waals surface area (Å²) >= 11 is 5.90. The SMILES string of the molecule is C[C@@H](CNC(=O)[C@@H]1OC(C)(C)OCC1(C)C)NC(=O)c1cccc(Cl)c1. The molecule has 1 saturated heterocycles. The highest BCUT2D eigenvalue weighted by atomic mass is 35.5. The van der Waals surface area contributed by atoms with Crippen molar-refractivity contribution < 1.29 is 19.1 Å². The Kier molecular flexibility index (Phi) is 6.32. The van der Waals surface area contributed by atoms with E-state index in [2.05, 4.69) is 10.6 Å². The van der Waals surface area contributed by atoms with Gasteiger partial charge in [0.15, 0.2) is 5.79 Å². The van der Waals surface area contributed by atoms with Gasteiger partial charge in [-0.1, -0.05) is 31.5 Å². The molecule has 2 N–H and O–H groups in total. The van der Waals surface area contributed by atoms with Gasteiger partial charge < -0.3 is 20.1 Å². The first-order valence-corrected chi connectivity index (χ1v) is 9.04. The second-order valence-electron chi connectivity index (χ2n) is 7.80. The summed E-state index contributed by atoms with van der Waals surface area (Å²) in [5.41, 5.74) is 0.0405. The molecular formula is C19H27ClN2O4. The van der Waals surface area contributed by atoms with Crippen LogP contribution in [0.25, 0.3) is 0 Å². The van der Waals surface area contributed by atoms with Crippen LogP contribution in [0.15, 0.2) is 24.3 Å². The third-order valence-corrected chi connectivity index (χ3v) is 4.42. The molecule has 1 aliphatic heterocycles. The Morgan fingerprint density at radius 1 is 1.31 bits per heavy atom. The topological polar surface area (TPSA) is 76.7 Å². The first-order chi connectivity index (χ1) is 12.0. The third-order valence-electron chi connectivity index (χ3n) is 4.19. The van der Waals surface area contributed by atoms with Crippen LogP contribution in [0.1, 0.15) is 45.0 Å². The van der Waals surface area contributed by atoms with E-state index in [1.165, 1.54) is 0 Å². The van der Waals surface area contributed by atoms with Crippen molar-refractivity contribution in [3.05, 3.63) is 34.9 Å². The van der Waals surface area contributed by atoms with Gasteiger partial charge in [-0.05, 0) is 39.0 Å². The molecule has 1 aromatic carbocycles. The summed E-state index contributed by atoms with van der Waals surface area (Å²) in [6.07, 6.45) is -0.623. The van der Waals surface area contributed by atoms with Gasteiger partial charge >= 0.3 is 0 Å². The Balaban J connectivity index is 1.89. The van der Waals surface area contributed by atoms with Crippen LogP contribution in [0.5, 0.6) is 0 Å². The zero-order valence-corrected chi connectivity index (χ0v) is 16.6. The Morgan fingerprint density at radius 3 is 2.65 bits per heavy atom. The number of rotatable bonds is 5. The number of hydrogen-bond acceptors (Lipinski definition) is 4. The summed E-state index contributed by atoms with van der Waals surface area (Å²) in [5.74, 6) is -1.25. The maximum absolute atomic E-state index is 12.6. The van der Waals surface area contributed by atoms with E-state index >= 15 is 0 Å². The van der Waals surface area contributed by atoms with Crippen molar-refractivity contribution in [2.75, 3.05) is 13.2 Å². The standard InChI is InChI=1S/C19H27ClN2O4/c1-12(22-16(23)13-7-6-8-14(20)9-13)10-21-17(24)15-18(2,3)11-25-19(4,5)26-15/h6-9,12,15H,10-11H2,1-5H3,(H,21,24)(H,22,23)/t12-,15-/m0/s1. The van der Waals surface area contributed by atoms with Gasteiger partial charge in [0.2, 0.25) is 5.91 Å². The van der Waals surface area contributed by atoms with Crippen molar-refractivity contribution >= 4 is 23.4 Å². The van der Waals surface area contributed by atoms with Crippen LogP contribution in [0, 0.1) is 5.41 Å². The molecule has 1 aliphatic rings. The zero-order chi connectivity index (χ0) is 19.5. The Labute approximate surface area is 159 Å². The molecular weight excluding hydrogens is 356 g/mol. The fourth-order valence-electron chi connectivity index (χ4n) is 2.66. The number of ether oxygens (including phenoxy) is 2. The number of halogens is 1. The van der Waals surface area contributed by atoms with Gasteiger partial charge in [0.25, 0.3) is 5.91 Å². The molecule has 1 aromatic rings. The number of carbonyl (C=O) groups is 2. The molecule has 0 spiro atoms. The summed E-state index contributed by atoms with van der Waals surface area (Å²) in [5, 5.41) is 6.19. The predicted octanol–water partition coefficient (Wildman–Crippen LogP) is 2.75. The molecule has 2 amide bonds. The van der Waals surface area contributed by atoms with Crippen molar-refractivity contribution in [1.29, 1.82) is 0 Å². The molecule has 26 heavy (non-hydrogen) atoms. The molecule has 144 valence electrons. The molecule has 0 aliphatic carbocycles. The molecule has 0 radical (unpaired) electrons. The molecule has 0 aromatic heterocycles. The molecule has 6 nitrogen and oxygen atoms in total. The van der Waals surface area contributed by atoms with Crippen LogP contribution >= 0.6 is 11.6 Å². The number of benzene rings is 1. The molecule has 2 atom stereocenters. The first-order valence-electron chi connectivity index (χ1n) is 8.66. The fraction of sp³-hybridized carbons (Fsp3) is 0.579. The van der Waals surface area contributed by atoms with Gasteiger partial charge in [0.1, 0.15) is 6.10 Å². The van der Waals surface area contributed by atoms with Crippen molar-refractivity contribution in [1.82, 2.24) is 10.6 Å². The molecule has 1 heterocycles.